The average molecular weight is 232 g/mol. The van der Waals surface area contributed by atoms with Gasteiger partial charge in [-0.2, -0.15) is 0 Å². The second kappa shape index (κ2) is 3.70. The molecule has 0 N–H and O–H groups in total. The minimum atomic E-state index is 0.341. The van der Waals surface area contributed by atoms with E-state index in [9.17, 15) is 0 Å². The highest BCUT2D eigenvalue weighted by Crippen LogP contribution is 2.39. The summed E-state index contributed by atoms with van der Waals surface area (Å²) in [6.07, 6.45) is 5.23. The fourth-order valence-corrected chi connectivity index (χ4v) is 3.47. The molecule has 2 bridgehead atoms. The maximum absolute atomic E-state index is 2.61. The van der Waals surface area contributed by atoms with Crippen LogP contribution < -0.4 is 9.47 Å². The molecule has 0 aromatic carbocycles. The van der Waals surface area contributed by atoms with Crippen molar-refractivity contribution >= 4 is 5.82 Å². The molecular formula is C14H22N3+. The van der Waals surface area contributed by atoms with Crippen molar-refractivity contribution < 1.29 is 4.57 Å². The highest BCUT2D eigenvalue weighted by molar-refractivity contribution is 5.40. The molecule has 0 saturated carbocycles. The predicted octanol–water partition coefficient (Wildman–Crippen LogP) is 1.53. The number of aryl methyl sites for hydroxylation is 1. The number of aromatic nitrogens is 1. The molecule has 0 radical (unpaired) electrons. The van der Waals surface area contributed by atoms with Crippen LogP contribution in [0.3, 0.4) is 0 Å². The minimum Gasteiger partial charge on any atom is -0.265 e. The maximum Gasteiger partial charge on any atom is 0.277 e. The van der Waals surface area contributed by atoms with Gasteiger partial charge in [0.1, 0.15) is 11.7 Å². The quantitative estimate of drug-likeness (QED) is 0.680. The third-order valence-corrected chi connectivity index (χ3v) is 4.63. The summed E-state index contributed by atoms with van der Waals surface area (Å²) in [7, 11) is 2.14. The van der Waals surface area contributed by atoms with Crippen LogP contribution in [-0.2, 0) is 7.05 Å². The summed E-state index contributed by atoms with van der Waals surface area (Å²) in [4.78, 5) is 5.21. The van der Waals surface area contributed by atoms with Gasteiger partial charge in [-0.15, -0.1) is 0 Å². The highest BCUT2D eigenvalue weighted by atomic mass is 15.5. The molecule has 3 nitrogen and oxygen atoms in total. The SMILES string of the molecule is CC1N2CCC(C)(CC2)N1c1cccc[n+]1C. The van der Waals surface area contributed by atoms with E-state index in [2.05, 4.69) is 59.7 Å². The van der Waals surface area contributed by atoms with Crippen LogP contribution in [0.4, 0.5) is 5.82 Å². The van der Waals surface area contributed by atoms with Gasteiger partial charge < -0.3 is 0 Å². The molecule has 0 amide bonds. The van der Waals surface area contributed by atoms with Crippen LogP contribution >= 0.6 is 0 Å². The van der Waals surface area contributed by atoms with E-state index in [-0.39, 0.29) is 0 Å². The summed E-state index contributed by atoms with van der Waals surface area (Å²) in [5, 5.41) is 0. The van der Waals surface area contributed by atoms with Crippen molar-refractivity contribution in [2.45, 2.75) is 38.4 Å². The molecule has 3 heteroatoms. The molecule has 17 heavy (non-hydrogen) atoms. The molecule has 92 valence electrons. The molecule has 4 rings (SSSR count). The van der Waals surface area contributed by atoms with Gasteiger partial charge in [-0.1, -0.05) is 6.07 Å². The monoisotopic (exact) mass is 232 g/mol. The van der Waals surface area contributed by atoms with E-state index in [1.165, 1.54) is 31.7 Å². The van der Waals surface area contributed by atoms with Gasteiger partial charge in [-0.3, -0.25) is 4.90 Å². The first-order chi connectivity index (χ1) is 8.12. The molecule has 1 atom stereocenters. The number of piperidine rings is 1. The third-order valence-electron chi connectivity index (χ3n) is 4.63. The van der Waals surface area contributed by atoms with Gasteiger partial charge in [0.25, 0.3) is 5.82 Å². The summed E-state index contributed by atoms with van der Waals surface area (Å²) < 4.78 is 2.24. The van der Waals surface area contributed by atoms with Crippen molar-refractivity contribution in [3.8, 4) is 0 Å². The highest BCUT2D eigenvalue weighted by Gasteiger charge is 2.51. The Morgan fingerprint density at radius 2 is 2.00 bits per heavy atom. The zero-order valence-electron chi connectivity index (χ0n) is 11.1. The van der Waals surface area contributed by atoms with Gasteiger partial charge >= 0.3 is 0 Å². The second-order valence-electron chi connectivity index (χ2n) is 5.70. The number of anilines is 1. The fraction of sp³-hybridized carbons (Fsp3) is 0.643. The molecule has 4 heterocycles. The standard InChI is InChI=1S/C14H22N3/c1-12-16-10-7-14(2,8-11-16)17(12)13-6-4-5-9-15(13)3/h4-6,9,12H,7-8,10-11H2,1-3H3/q+1. The minimum absolute atomic E-state index is 0.341. The lowest BCUT2D eigenvalue weighted by Gasteiger charge is -2.54. The lowest BCUT2D eigenvalue weighted by molar-refractivity contribution is -0.659. The Morgan fingerprint density at radius 3 is 2.59 bits per heavy atom. The van der Waals surface area contributed by atoms with E-state index in [4.69, 9.17) is 0 Å². The average Bonchev–Trinajstić information content (AvgIpc) is 2.31. The Balaban J connectivity index is 2.05. The van der Waals surface area contributed by atoms with E-state index in [1.807, 2.05) is 0 Å². The predicted molar refractivity (Wildman–Crippen MR) is 68.8 cm³/mol. The van der Waals surface area contributed by atoms with Crippen molar-refractivity contribution in [3.05, 3.63) is 24.4 Å². The molecule has 3 aliphatic rings. The topological polar surface area (TPSA) is 10.4 Å². The molecule has 3 saturated heterocycles. The molecule has 1 aromatic heterocycles. The maximum atomic E-state index is 2.61. The van der Waals surface area contributed by atoms with E-state index < -0.39 is 0 Å². The zero-order chi connectivity index (χ0) is 12.0. The lowest BCUT2D eigenvalue weighted by Crippen LogP contribution is -2.70. The number of pyridine rings is 1. The van der Waals surface area contributed by atoms with Crippen molar-refractivity contribution in [2.75, 3.05) is 18.0 Å². The second-order valence-corrected chi connectivity index (χ2v) is 5.70. The summed E-state index contributed by atoms with van der Waals surface area (Å²) in [5.74, 6) is 1.34. The van der Waals surface area contributed by atoms with Gasteiger partial charge in [0.05, 0.1) is 13.2 Å². The van der Waals surface area contributed by atoms with Crippen molar-refractivity contribution in [2.24, 2.45) is 7.05 Å². The Labute approximate surface area is 104 Å². The number of rotatable bonds is 1. The van der Waals surface area contributed by atoms with Crippen LogP contribution in [0.25, 0.3) is 0 Å². The first-order valence-corrected chi connectivity index (χ1v) is 6.60. The Morgan fingerprint density at radius 1 is 1.29 bits per heavy atom. The van der Waals surface area contributed by atoms with E-state index in [1.54, 1.807) is 0 Å². The number of fused-ring (bicyclic) bond motifs is 3. The van der Waals surface area contributed by atoms with Crippen LogP contribution in [0, 0.1) is 0 Å². The molecule has 1 aromatic rings. The summed E-state index contributed by atoms with van der Waals surface area (Å²) >= 11 is 0. The fourth-order valence-electron chi connectivity index (χ4n) is 3.47. The zero-order valence-corrected chi connectivity index (χ0v) is 11.1. The normalized spacial score (nSPS) is 36.3. The van der Waals surface area contributed by atoms with Crippen LogP contribution in [0.1, 0.15) is 26.7 Å². The van der Waals surface area contributed by atoms with Gasteiger partial charge in [0.15, 0.2) is 0 Å². The van der Waals surface area contributed by atoms with E-state index >= 15 is 0 Å². The van der Waals surface area contributed by atoms with Crippen molar-refractivity contribution in [1.29, 1.82) is 0 Å². The molecule has 0 aliphatic carbocycles. The molecule has 3 aliphatic heterocycles. The first-order valence-electron chi connectivity index (χ1n) is 6.60. The van der Waals surface area contributed by atoms with Gasteiger partial charge in [-0.25, -0.2) is 9.47 Å². The number of hydrogen-bond acceptors (Lipinski definition) is 2. The molecule has 1 unspecified atom stereocenters. The first kappa shape index (κ1) is 11.0. The largest absolute Gasteiger partial charge is 0.277 e. The Kier molecular flexibility index (Phi) is 2.40. The van der Waals surface area contributed by atoms with Crippen LogP contribution in [0.2, 0.25) is 0 Å². The van der Waals surface area contributed by atoms with Gasteiger partial charge in [-0.05, 0) is 19.9 Å². The molecule has 3 fully saturated rings. The van der Waals surface area contributed by atoms with E-state index in [0.717, 1.165) is 0 Å². The Hall–Kier alpha value is -1.09. The number of hydrogen-bond donors (Lipinski definition) is 0. The van der Waals surface area contributed by atoms with Crippen molar-refractivity contribution in [3.63, 3.8) is 0 Å². The van der Waals surface area contributed by atoms with E-state index in [0.29, 0.717) is 11.7 Å². The van der Waals surface area contributed by atoms with Crippen molar-refractivity contribution in [1.82, 2.24) is 4.90 Å². The number of nitrogens with zero attached hydrogens (tertiary/aromatic N) is 3. The lowest BCUT2D eigenvalue weighted by atomic mass is 9.83. The van der Waals surface area contributed by atoms with Crippen LogP contribution in [-0.4, -0.2) is 29.7 Å². The molecular weight excluding hydrogens is 210 g/mol. The van der Waals surface area contributed by atoms with Gasteiger partial charge in [0.2, 0.25) is 0 Å². The van der Waals surface area contributed by atoms with Crippen LogP contribution in [0.15, 0.2) is 24.4 Å². The Bertz CT molecular complexity index is 421. The summed E-state index contributed by atoms with van der Waals surface area (Å²) in [6, 6.07) is 6.48. The summed E-state index contributed by atoms with van der Waals surface area (Å²) in [5.41, 5.74) is 0.341. The van der Waals surface area contributed by atoms with Crippen LogP contribution in [0.5, 0.6) is 0 Å². The molecule has 0 spiro atoms. The van der Waals surface area contributed by atoms with Gasteiger partial charge in [0, 0.05) is 32.0 Å². The third kappa shape index (κ3) is 1.56. The smallest absolute Gasteiger partial charge is 0.265 e. The summed E-state index contributed by atoms with van der Waals surface area (Å²) in [6.45, 7) is 7.27.